The molecule has 4 nitrogen and oxygen atoms in total. The lowest BCUT2D eigenvalue weighted by atomic mass is 10.0. The van der Waals surface area contributed by atoms with Gasteiger partial charge in [-0.2, -0.15) is 0 Å². The van der Waals surface area contributed by atoms with Crippen molar-refractivity contribution in [3.8, 4) is 0 Å². The molecule has 2 N–H and O–H groups in total. The third kappa shape index (κ3) is 6.90. The molecule has 0 aliphatic carbocycles. The fraction of sp³-hybridized carbons (Fsp3) is 0.650. The van der Waals surface area contributed by atoms with Gasteiger partial charge < -0.3 is 15.4 Å². The van der Waals surface area contributed by atoms with Crippen LogP contribution in [0.2, 0.25) is 0 Å². The zero-order chi connectivity index (χ0) is 19.7. The molecule has 1 heterocycles. The van der Waals surface area contributed by atoms with Crippen molar-refractivity contribution < 1.29 is 13.5 Å². The van der Waals surface area contributed by atoms with E-state index in [2.05, 4.69) is 23.7 Å². The van der Waals surface area contributed by atoms with Gasteiger partial charge in [0, 0.05) is 19.0 Å². The summed E-state index contributed by atoms with van der Waals surface area (Å²) in [5.41, 5.74) is 7.03. The second-order valence-corrected chi connectivity index (χ2v) is 6.81. The van der Waals surface area contributed by atoms with Crippen molar-refractivity contribution in [2.75, 3.05) is 19.8 Å². The first-order valence-electron chi connectivity index (χ1n) is 9.39. The van der Waals surface area contributed by atoms with Gasteiger partial charge in [-0.1, -0.05) is 52.0 Å². The first kappa shape index (κ1) is 22.4. The van der Waals surface area contributed by atoms with Gasteiger partial charge in [0.1, 0.15) is 0 Å². The fourth-order valence-electron chi connectivity index (χ4n) is 2.86. The standard InChI is InChI=1S/C18H27F2N3O.C2H6/c1-13(2)10-16-12-24-9-8-23(16)17(21)22-11-14-4-6-15(7-5-14)18(3,19)20;1-2/h4-7,13,16H,8-12H2,1-3H3,(H2,21,22);1-2H3. The smallest absolute Gasteiger partial charge is 0.270 e. The van der Waals surface area contributed by atoms with E-state index < -0.39 is 5.92 Å². The number of nitrogens with zero attached hydrogens (tertiary/aromatic N) is 2. The molecule has 1 aliphatic heterocycles. The van der Waals surface area contributed by atoms with Crippen LogP contribution in [0.5, 0.6) is 0 Å². The van der Waals surface area contributed by atoms with Crippen LogP contribution in [-0.4, -0.2) is 36.7 Å². The molecule has 0 spiro atoms. The summed E-state index contributed by atoms with van der Waals surface area (Å²) in [5, 5.41) is 0. The summed E-state index contributed by atoms with van der Waals surface area (Å²) in [5.74, 6) is -1.78. The van der Waals surface area contributed by atoms with Gasteiger partial charge in [-0.05, 0) is 17.9 Å². The molecule has 0 saturated carbocycles. The zero-order valence-electron chi connectivity index (χ0n) is 16.6. The maximum absolute atomic E-state index is 13.2. The molecule has 0 radical (unpaired) electrons. The topological polar surface area (TPSA) is 50.9 Å². The minimum absolute atomic E-state index is 0.00776. The maximum atomic E-state index is 13.2. The van der Waals surface area contributed by atoms with E-state index in [1.807, 2.05) is 13.8 Å². The Morgan fingerprint density at radius 3 is 2.46 bits per heavy atom. The van der Waals surface area contributed by atoms with Crippen LogP contribution in [0.1, 0.15) is 52.2 Å². The molecule has 1 aromatic rings. The molecule has 148 valence electrons. The molecule has 1 saturated heterocycles. The summed E-state index contributed by atoms with van der Waals surface area (Å²) in [6.07, 6.45) is 0.997. The van der Waals surface area contributed by atoms with Crippen LogP contribution in [0.3, 0.4) is 0 Å². The van der Waals surface area contributed by atoms with E-state index in [0.717, 1.165) is 25.5 Å². The van der Waals surface area contributed by atoms with Crippen LogP contribution in [0, 0.1) is 5.92 Å². The largest absolute Gasteiger partial charge is 0.377 e. The SMILES string of the molecule is CC.CC(C)CC1COCCN1C(N)=NCc1ccc(C(C)(F)F)cc1. The molecular weight excluding hydrogens is 336 g/mol. The van der Waals surface area contributed by atoms with Crippen molar-refractivity contribution in [1.29, 1.82) is 0 Å². The Balaban J connectivity index is 0.00000163. The second-order valence-electron chi connectivity index (χ2n) is 6.81. The van der Waals surface area contributed by atoms with Crippen LogP contribution >= 0.6 is 0 Å². The average Bonchev–Trinajstić information content (AvgIpc) is 2.61. The van der Waals surface area contributed by atoms with Crippen molar-refractivity contribution in [3.05, 3.63) is 35.4 Å². The Morgan fingerprint density at radius 1 is 1.31 bits per heavy atom. The monoisotopic (exact) mass is 369 g/mol. The third-order valence-electron chi connectivity index (χ3n) is 4.15. The van der Waals surface area contributed by atoms with Crippen LogP contribution < -0.4 is 5.73 Å². The Bertz CT molecular complexity index is 553. The predicted octanol–water partition coefficient (Wildman–Crippen LogP) is 4.39. The van der Waals surface area contributed by atoms with Gasteiger partial charge in [0.05, 0.1) is 25.8 Å². The number of guanidine groups is 1. The number of ether oxygens (including phenoxy) is 1. The number of hydrogen-bond acceptors (Lipinski definition) is 2. The summed E-state index contributed by atoms with van der Waals surface area (Å²) in [6, 6.07) is 6.47. The summed E-state index contributed by atoms with van der Waals surface area (Å²) in [7, 11) is 0. The summed E-state index contributed by atoms with van der Waals surface area (Å²) in [4.78, 5) is 6.54. The molecule has 0 amide bonds. The third-order valence-corrected chi connectivity index (χ3v) is 4.15. The number of benzene rings is 1. The molecule has 1 unspecified atom stereocenters. The van der Waals surface area contributed by atoms with E-state index >= 15 is 0 Å². The van der Waals surface area contributed by atoms with E-state index in [1.165, 1.54) is 12.1 Å². The van der Waals surface area contributed by atoms with Gasteiger partial charge in [-0.15, -0.1) is 0 Å². The number of alkyl halides is 2. The minimum Gasteiger partial charge on any atom is -0.377 e. The molecule has 1 atom stereocenters. The highest BCUT2D eigenvalue weighted by atomic mass is 19.3. The highest BCUT2D eigenvalue weighted by Crippen LogP contribution is 2.26. The summed E-state index contributed by atoms with van der Waals surface area (Å²) >= 11 is 0. The van der Waals surface area contributed by atoms with Gasteiger partial charge in [0.2, 0.25) is 0 Å². The lowest BCUT2D eigenvalue weighted by Gasteiger charge is -2.37. The highest BCUT2D eigenvalue weighted by Gasteiger charge is 2.25. The van der Waals surface area contributed by atoms with E-state index in [0.29, 0.717) is 31.6 Å². The van der Waals surface area contributed by atoms with E-state index in [4.69, 9.17) is 10.5 Å². The number of hydrogen-bond donors (Lipinski definition) is 1. The van der Waals surface area contributed by atoms with Crippen molar-refractivity contribution in [1.82, 2.24) is 4.90 Å². The second kappa shape index (κ2) is 10.5. The Kier molecular flexibility index (Phi) is 8.99. The fourth-order valence-corrected chi connectivity index (χ4v) is 2.86. The van der Waals surface area contributed by atoms with Crippen molar-refractivity contribution in [3.63, 3.8) is 0 Å². The lowest BCUT2D eigenvalue weighted by molar-refractivity contribution is 0.0174. The van der Waals surface area contributed by atoms with Gasteiger partial charge in [-0.25, -0.2) is 13.8 Å². The van der Waals surface area contributed by atoms with Crippen molar-refractivity contribution in [2.45, 2.75) is 59.5 Å². The van der Waals surface area contributed by atoms with E-state index in [1.54, 1.807) is 12.1 Å². The number of halogens is 2. The van der Waals surface area contributed by atoms with Crippen LogP contribution in [0.25, 0.3) is 0 Å². The molecular formula is C20H33F2N3O. The van der Waals surface area contributed by atoms with Gasteiger partial charge >= 0.3 is 0 Å². The molecule has 26 heavy (non-hydrogen) atoms. The van der Waals surface area contributed by atoms with Crippen LogP contribution in [0.15, 0.2) is 29.3 Å². The maximum Gasteiger partial charge on any atom is 0.270 e. The molecule has 1 aliphatic rings. The first-order chi connectivity index (χ1) is 12.3. The highest BCUT2D eigenvalue weighted by molar-refractivity contribution is 5.78. The number of rotatable bonds is 5. The minimum atomic E-state index is -2.82. The van der Waals surface area contributed by atoms with Crippen LogP contribution in [-0.2, 0) is 17.2 Å². The quantitative estimate of drug-likeness (QED) is 0.619. The van der Waals surface area contributed by atoms with Gasteiger partial charge in [0.25, 0.3) is 5.92 Å². The van der Waals surface area contributed by atoms with E-state index in [-0.39, 0.29) is 11.6 Å². The molecule has 6 heteroatoms. The Labute approximate surface area is 156 Å². The van der Waals surface area contributed by atoms with Crippen LogP contribution in [0.4, 0.5) is 8.78 Å². The zero-order valence-corrected chi connectivity index (χ0v) is 16.6. The summed E-state index contributed by atoms with van der Waals surface area (Å²) in [6.45, 7) is 11.7. The molecule has 0 bridgehead atoms. The van der Waals surface area contributed by atoms with Gasteiger partial charge in [-0.3, -0.25) is 0 Å². The average molecular weight is 370 g/mol. The molecule has 0 aromatic heterocycles. The number of morpholine rings is 1. The number of aliphatic imine (C=N–C) groups is 1. The van der Waals surface area contributed by atoms with Crippen molar-refractivity contribution in [2.24, 2.45) is 16.6 Å². The van der Waals surface area contributed by atoms with Crippen molar-refractivity contribution >= 4 is 5.96 Å². The molecule has 1 aromatic carbocycles. The van der Waals surface area contributed by atoms with Gasteiger partial charge in [0.15, 0.2) is 5.96 Å². The first-order valence-corrected chi connectivity index (χ1v) is 9.39. The Morgan fingerprint density at radius 2 is 1.92 bits per heavy atom. The summed E-state index contributed by atoms with van der Waals surface area (Å²) < 4.78 is 32.0. The molecule has 2 rings (SSSR count). The predicted molar refractivity (Wildman–Crippen MR) is 103 cm³/mol. The Hall–Kier alpha value is -1.69. The normalized spacial score (nSPS) is 18.5. The molecule has 1 fully saturated rings. The number of nitrogens with two attached hydrogens (primary N) is 1. The lowest BCUT2D eigenvalue weighted by Crippen LogP contribution is -2.52. The van der Waals surface area contributed by atoms with E-state index in [9.17, 15) is 8.78 Å².